The highest BCUT2D eigenvalue weighted by Gasteiger charge is 2.13. The van der Waals surface area contributed by atoms with E-state index in [4.69, 9.17) is 21.8 Å². The van der Waals surface area contributed by atoms with E-state index in [0.717, 1.165) is 5.56 Å². The lowest BCUT2D eigenvalue weighted by Crippen LogP contribution is -1.86. The lowest BCUT2D eigenvalue weighted by Gasteiger charge is -1.96. The molecule has 2 N–H and O–H groups in total. The summed E-state index contributed by atoms with van der Waals surface area (Å²) in [5.41, 5.74) is 8.03. The standard InChI is InChI=1S/C12H8ClN3O/c13-8-4-2-1-3-7(8)11-16-10-9(14)5-6-15-12(10)17-11/h1-6H,(H2,14,15). The molecule has 0 bridgehead atoms. The third kappa shape index (κ3) is 1.62. The number of oxazole rings is 1. The molecule has 17 heavy (non-hydrogen) atoms. The summed E-state index contributed by atoms with van der Waals surface area (Å²) in [6, 6.07) is 9.01. The van der Waals surface area contributed by atoms with Crippen molar-refractivity contribution in [1.82, 2.24) is 9.97 Å². The summed E-state index contributed by atoms with van der Waals surface area (Å²) in [7, 11) is 0. The predicted octanol–water partition coefficient (Wildman–Crippen LogP) is 3.13. The van der Waals surface area contributed by atoms with E-state index in [1.165, 1.54) is 0 Å². The second kappa shape index (κ2) is 3.75. The van der Waals surface area contributed by atoms with Gasteiger partial charge in [-0.25, -0.2) is 9.97 Å². The molecule has 0 atom stereocenters. The molecule has 2 heterocycles. The molecule has 0 spiro atoms. The normalized spacial score (nSPS) is 10.9. The molecular weight excluding hydrogens is 238 g/mol. The predicted molar refractivity (Wildman–Crippen MR) is 66.7 cm³/mol. The van der Waals surface area contributed by atoms with Gasteiger partial charge in [-0.3, -0.25) is 0 Å². The van der Waals surface area contributed by atoms with Crippen molar-refractivity contribution in [3.63, 3.8) is 0 Å². The third-order valence-corrected chi connectivity index (χ3v) is 2.76. The molecule has 0 radical (unpaired) electrons. The van der Waals surface area contributed by atoms with Gasteiger partial charge in [0.15, 0.2) is 5.52 Å². The van der Waals surface area contributed by atoms with Crippen LogP contribution < -0.4 is 5.73 Å². The molecule has 0 aliphatic rings. The lowest BCUT2D eigenvalue weighted by molar-refractivity contribution is 0.608. The van der Waals surface area contributed by atoms with Gasteiger partial charge in [0.05, 0.1) is 16.3 Å². The second-order valence-corrected chi connectivity index (χ2v) is 3.96. The van der Waals surface area contributed by atoms with E-state index in [1.807, 2.05) is 18.2 Å². The number of nitrogens with two attached hydrogens (primary N) is 1. The van der Waals surface area contributed by atoms with Crippen LogP contribution in [-0.4, -0.2) is 9.97 Å². The Morgan fingerprint density at radius 3 is 2.76 bits per heavy atom. The number of anilines is 1. The summed E-state index contributed by atoms with van der Waals surface area (Å²) >= 11 is 6.07. The highest BCUT2D eigenvalue weighted by molar-refractivity contribution is 6.33. The van der Waals surface area contributed by atoms with Crippen molar-refractivity contribution in [2.75, 3.05) is 5.73 Å². The van der Waals surface area contributed by atoms with Crippen LogP contribution in [0.2, 0.25) is 5.02 Å². The number of aromatic nitrogens is 2. The topological polar surface area (TPSA) is 64.9 Å². The summed E-state index contributed by atoms with van der Waals surface area (Å²) in [6.45, 7) is 0. The number of nitrogen functional groups attached to an aromatic ring is 1. The van der Waals surface area contributed by atoms with Crippen LogP contribution in [0.15, 0.2) is 40.9 Å². The number of hydrogen-bond donors (Lipinski definition) is 1. The first-order valence-electron chi connectivity index (χ1n) is 5.01. The fraction of sp³-hybridized carbons (Fsp3) is 0. The first-order chi connectivity index (χ1) is 8.25. The Hall–Kier alpha value is -2.07. The molecule has 0 saturated heterocycles. The molecule has 2 aromatic heterocycles. The molecule has 0 saturated carbocycles. The van der Waals surface area contributed by atoms with Gasteiger partial charge in [0, 0.05) is 6.20 Å². The highest BCUT2D eigenvalue weighted by atomic mass is 35.5. The zero-order valence-electron chi connectivity index (χ0n) is 8.72. The van der Waals surface area contributed by atoms with Crippen molar-refractivity contribution in [2.24, 2.45) is 0 Å². The number of pyridine rings is 1. The highest BCUT2D eigenvalue weighted by Crippen LogP contribution is 2.30. The van der Waals surface area contributed by atoms with E-state index in [2.05, 4.69) is 9.97 Å². The lowest BCUT2D eigenvalue weighted by atomic mass is 10.2. The van der Waals surface area contributed by atoms with E-state index in [9.17, 15) is 0 Å². The average Bonchev–Trinajstić information content (AvgIpc) is 2.75. The molecule has 5 heteroatoms. The number of fused-ring (bicyclic) bond motifs is 1. The van der Waals surface area contributed by atoms with E-state index in [0.29, 0.717) is 27.8 Å². The van der Waals surface area contributed by atoms with E-state index < -0.39 is 0 Å². The number of rotatable bonds is 1. The maximum absolute atomic E-state index is 6.07. The smallest absolute Gasteiger partial charge is 0.249 e. The van der Waals surface area contributed by atoms with Crippen LogP contribution in [-0.2, 0) is 0 Å². The fourth-order valence-electron chi connectivity index (χ4n) is 1.60. The Bertz CT molecular complexity index is 693. The van der Waals surface area contributed by atoms with Crippen LogP contribution in [0.3, 0.4) is 0 Å². The molecule has 3 aromatic rings. The molecule has 0 fully saturated rings. The van der Waals surface area contributed by atoms with E-state index >= 15 is 0 Å². The molecular formula is C12H8ClN3O. The monoisotopic (exact) mass is 245 g/mol. The van der Waals surface area contributed by atoms with Gasteiger partial charge in [-0.1, -0.05) is 23.7 Å². The molecule has 0 aliphatic carbocycles. The third-order valence-electron chi connectivity index (χ3n) is 2.43. The Balaban J connectivity index is 2.26. The zero-order chi connectivity index (χ0) is 11.8. The Labute approximate surface area is 102 Å². The van der Waals surface area contributed by atoms with Crippen LogP contribution in [0.4, 0.5) is 5.69 Å². The second-order valence-electron chi connectivity index (χ2n) is 3.55. The summed E-state index contributed by atoms with van der Waals surface area (Å²) in [5, 5.41) is 0.581. The number of hydrogen-bond acceptors (Lipinski definition) is 4. The van der Waals surface area contributed by atoms with Crippen molar-refractivity contribution < 1.29 is 4.42 Å². The SMILES string of the molecule is Nc1ccnc2oc(-c3ccccc3Cl)nc12. The van der Waals surface area contributed by atoms with Crippen LogP contribution in [0.5, 0.6) is 0 Å². The minimum atomic E-state index is 0.417. The van der Waals surface area contributed by atoms with Gasteiger partial charge >= 0.3 is 0 Å². The molecule has 0 aliphatic heterocycles. The maximum Gasteiger partial charge on any atom is 0.249 e. The van der Waals surface area contributed by atoms with Gasteiger partial charge in [0.2, 0.25) is 11.6 Å². The number of halogens is 1. The first-order valence-corrected chi connectivity index (χ1v) is 5.39. The summed E-state index contributed by atoms with van der Waals surface area (Å²) in [6.07, 6.45) is 1.58. The molecule has 0 amide bonds. The molecule has 0 unspecified atom stereocenters. The molecule has 84 valence electrons. The Morgan fingerprint density at radius 1 is 1.18 bits per heavy atom. The zero-order valence-corrected chi connectivity index (χ0v) is 9.48. The molecule has 4 nitrogen and oxygen atoms in total. The van der Waals surface area contributed by atoms with Gasteiger partial charge in [0.1, 0.15) is 0 Å². The van der Waals surface area contributed by atoms with Gasteiger partial charge < -0.3 is 10.2 Å². The van der Waals surface area contributed by atoms with Crippen molar-refractivity contribution >= 4 is 28.5 Å². The Kier molecular flexibility index (Phi) is 2.23. The summed E-state index contributed by atoms with van der Waals surface area (Å²) in [5.74, 6) is 0.427. The maximum atomic E-state index is 6.07. The summed E-state index contributed by atoms with van der Waals surface area (Å²) < 4.78 is 5.53. The quantitative estimate of drug-likeness (QED) is 0.715. The fourth-order valence-corrected chi connectivity index (χ4v) is 1.82. The van der Waals surface area contributed by atoms with Crippen LogP contribution in [0.1, 0.15) is 0 Å². The summed E-state index contributed by atoms with van der Waals surface area (Å²) in [4.78, 5) is 8.37. The van der Waals surface area contributed by atoms with E-state index in [1.54, 1.807) is 18.3 Å². The van der Waals surface area contributed by atoms with Gasteiger partial charge in [-0.2, -0.15) is 0 Å². The minimum Gasteiger partial charge on any atom is -0.418 e. The molecule has 3 rings (SSSR count). The van der Waals surface area contributed by atoms with Gasteiger partial charge in [-0.05, 0) is 18.2 Å². The van der Waals surface area contributed by atoms with Crippen molar-refractivity contribution in [3.05, 3.63) is 41.6 Å². The average molecular weight is 246 g/mol. The largest absolute Gasteiger partial charge is 0.418 e. The van der Waals surface area contributed by atoms with Crippen LogP contribution >= 0.6 is 11.6 Å². The van der Waals surface area contributed by atoms with Crippen LogP contribution in [0.25, 0.3) is 22.7 Å². The number of nitrogens with zero attached hydrogens (tertiary/aromatic N) is 2. The van der Waals surface area contributed by atoms with Crippen LogP contribution in [0, 0.1) is 0 Å². The first kappa shape index (κ1) is 10.1. The van der Waals surface area contributed by atoms with Crippen molar-refractivity contribution in [2.45, 2.75) is 0 Å². The number of benzene rings is 1. The molecule has 1 aromatic carbocycles. The van der Waals surface area contributed by atoms with Gasteiger partial charge in [0.25, 0.3) is 0 Å². The minimum absolute atomic E-state index is 0.417. The van der Waals surface area contributed by atoms with Crippen molar-refractivity contribution in [3.8, 4) is 11.5 Å². The Morgan fingerprint density at radius 2 is 2.00 bits per heavy atom. The van der Waals surface area contributed by atoms with E-state index in [-0.39, 0.29) is 0 Å². The van der Waals surface area contributed by atoms with Gasteiger partial charge in [-0.15, -0.1) is 0 Å². The van der Waals surface area contributed by atoms with Crippen molar-refractivity contribution in [1.29, 1.82) is 0 Å².